The summed E-state index contributed by atoms with van der Waals surface area (Å²) in [6.45, 7) is 1.99. The molecule has 3 aromatic carbocycles. The minimum atomic E-state index is 0.0471. The number of benzene rings is 3. The van der Waals surface area contributed by atoms with E-state index in [1.165, 1.54) is 0 Å². The van der Waals surface area contributed by atoms with Crippen molar-refractivity contribution in [1.29, 1.82) is 0 Å². The van der Waals surface area contributed by atoms with E-state index in [0.717, 1.165) is 22.0 Å². The summed E-state index contributed by atoms with van der Waals surface area (Å²) in [4.78, 5) is 0.402. The quantitative estimate of drug-likeness (QED) is 0.169. The number of anilines is 1. The molecule has 0 saturated carbocycles. The fraction of sp³-hybridized carbons (Fsp3) is 0.0400. The summed E-state index contributed by atoms with van der Waals surface area (Å²) in [5, 5.41) is 17.2. The van der Waals surface area contributed by atoms with E-state index in [2.05, 4.69) is 17.4 Å². The molecule has 2 N–H and O–H groups in total. The van der Waals surface area contributed by atoms with Gasteiger partial charge in [0.1, 0.15) is 0 Å². The second-order valence-corrected chi connectivity index (χ2v) is 7.82. The van der Waals surface area contributed by atoms with Crippen LogP contribution in [0, 0.1) is 6.92 Å². The first-order valence-electron chi connectivity index (χ1n) is 9.49. The molecule has 0 aliphatic carbocycles. The fourth-order valence-electron chi connectivity index (χ4n) is 3.37. The van der Waals surface area contributed by atoms with E-state index in [1.54, 1.807) is 24.3 Å². The first kappa shape index (κ1) is 20.1. The maximum absolute atomic E-state index is 11.2. The lowest BCUT2D eigenvalue weighted by molar-refractivity contribution is -0.576. The molecule has 0 spiro atoms. The average Bonchev–Trinajstić information content (AvgIpc) is 2.74. The molecule has 0 radical (unpaired) electrons. The largest absolute Gasteiger partial charge is 0.502 e. The average molecular weight is 432 g/mol. The van der Waals surface area contributed by atoms with Crippen LogP contribution < -0.4 is 9.88 Å². The summed E-state index contributed by atoms with van der Waals surface area (Å²) >= 11 is 11.9. The van der Waals surface area contributed by atoms with Crippen molar-refractivity contribution in [1.82, 2.24) is 0 Å². The number of aryl methyl sites for hydroxylation is 1. The standard InChI is InChI=1S/C25H19ClN2OS/c1-17-7-6-14-28(16-17)23(24(29)19-10-4-11-20(26)15-19)25(30)27-22-13-5-9-18-8-2-3-12-21(18)22/h2-16H,1H3,(H-,27,29,30)/p+1. The van der Waals surface area contributed by atoms with Crippen LogP contribution in [0.5, 0.6) is 0 Å². The van der Waals surface area contributed by atoms with E-state index in [-0.39, 0.29) is 5.76 Å². The molecule has 0 amide bonds. The van der Waals surface area contributed by atoms with Gasteiger partial charge in [0.25, 0.3) is 5.70 Å². The summed E-state index contributed by atoms with van der Waals surface area (Å²) in [5.74, 6) is 0.0471. The van der Waals surface area contributed by atoms with Gasteiger partial charge in [0.15, 0.2) is 23.1 Å². The Morgan fingerprint density at radius 1 is 0.967 bits per heavy atom. The number of halogens is 1. The van der Waals surface area contributed by atoms with Crippen LogP contribution in [0.25, 0.3) is 22.2 Å². The van der Waals surface area contributed by atoms with Crippen molar-refractivity contribution in [3.05, 3.63) is 107 Å². The smallest absolute Gasteiger partial charge is 0.288 e. The fourth-order valence-corrected chi connectivity index (χ4v) is 3.87. The van der Waals surface area contributed by atoms with Crippen LogP contribution in [0.3, 0.4) is 0 Å². The molecular weight excluding hydrogens is 412 g/mol. The molecule has 0 atom stereocenters. The van der Waals surface area contributed by atoms with Gasteiger partial charge in [-0.25, -0.2) is 0 Å². The number of rotatable bonds is 4. The Balaban J connectivity index is 1.83. The predicted molar refractivity (Wildman–Crippen MR) is 129 cm³/mol. The van der Waals surface area contributed by atoms with Gasteiger partial charge in [0.05, 0.1) is 0 Å². The molecule has 0 unspecified atom stereocenters. The number of pyridine rings is 1. The van der Waals surface area contributed by atoms with Crippen LogP contribution in [0.1, 0.15) is 11.1 Å². The van der Waals surface area contributed by atoms with E-state index >= 15 is 0 Å². The monoisotopic (exact) mass is 431 g/mol. The third-order valence-corrected chi connectivity index (χ3v) is 5.31. The number of nitrogens with zero attached hydrogens (tertiary/aromatic N) is 1. The van der Waals surface area contributed by atoms with Crippen molar-refractivity contribution in [2.75, 3.05) is 5.32 Å². The second kappa shape index (κ2) is 8.66. The van der Waals surface area contributed by atoms with Gasteiger partial charge in [-0.1, -0.05) is 72.3 Å². The third-order valence-electron chi connectivity index (χ3n) is 4.78. The molecular formula is C25H20ClN2OS+. The molecule has 3 nitrogen and oxygen atoms in total. The van der Waals surface area contributed by atoms with Crippen LogP contribution in [0.2, 0.25) is 5.02 Å². The molecule has 0 fully saturated rings. The van der Waals surface area contributed by atoms with Gasteiger partial charge in [-0.3, -0.25) is 0 Å². The van der Waals surface area contributed by atoms with Crippen LogP contribution >= 0.6 is 23.8 Å². The summed E-state index contributed by atoms with van der Waals surface area (Å²) in [6.07, 6.45) is 3.79. The molecule has 5 heteroatoms. The van der Waals surface area contributed by atoms with Crippen molar-refractivity contribution in [3.63, 3.8) is 0 Å². The Kier molecular flexibility index (Phi) is 5.79. The molecule has 30 heavy (non-hydrogen) atoms. The van der Waals surface area contributed by atoms with Crippen molar-refractivity contribution in [3.8, 4) is 0 Å². The summed E-state index contributed by atoms with van der Waals surface area (Å²) in [5.41, 5.74) is 2.99. The van der Waals surface area contributed by atoms with Crippen LogP contribution in [0.15, 0.2) is 91.3 Å². The van der Waals surface area contributed by atoms with Gasteiger partial charge in [0.2, 0.25) is 0 Å². The maximum Gasteiger partial charge on any atom is 0.288 e. The van der Waals surface area contributed by atoms with Gasteiger partial charge >= 0.3 is 0 Å². The second-order valence-electron chi connectivity index (χ2n) is 6.98. The molecule has 4 aromatic rings. The number of thiocarbonyl (C=S) groups is 1. The molecule has 0 aliphatic rings. The first-order valence-corrected chi connectivity index (χ1v) is 10.3. The van der Waals surface area contributed by atoms with E-state index in [9.17, 15) is 5.11 Å². The van der Waals surface area contributed by atoms with Crippen LogP contribution in [-0.2, 0) is 0 Å². The van der Waals surface area contributed by atoms with Crippen molar-refractivity contribution in [2.24, 2.45) is 0 Å². The predicted octanol–water partition coefficient (Wildman–Crippen LogP) is 6.41. The van der Waals surface area contributed by atoms with Crippen molar-refractivity contribution >= 4 is 56.7 Å². The molecule has 0 saturated heterocycles. The Bertz CT molecular complexity index is 1280. The van der Waals surface area contributed by atoms with Gasteiger partial charge in [-0.2, -0.15) is 4.57 Å². The third kappa shape index (κ3) is 4.20. The number of aliphatic hydroxyl groups excluding tert-OH is 1. The minimum Gasteiger partial charge on any atom is -0.502 e. The summed E-state index contributed by atoms with van der Waals surface area (Å²) < 4.78 is 1.83. The highest BCUT2D eigenvalue weighted by Gasteiger charge is 2.24. The molecule has 0 bridgehead atoms. The van der Waals surface area contributed by atoms with E-state index in [1.807, 2.05) is 66.3 Å². The zero-order valence-electron chi connectivity index (χ0n) is 16.3. The van der Waals surface area contributed by atoms with Gasteiger partial charge in [0, 0.05) is 33.3 Å². The van der Waals surface area contributed by atoms with Gasteiger partial charge < -0.3 is 10.4 Å². The van der Waals surface area contributed by atoms with Crippen molar-refractivity contribution in [2.45, 2.75) is 6.92 Å². The number of hydrogen-bond acceptors (Lipinski definition) is 2. The van der Waals surface area contributed by atoms with Crippen LogP contribution in [0.4, 0.5) is 5.69 Å². The van der Waals surface area contributed by atoms with Crippen molar-refractivity contribution < 1.29 is 9.67 Å². The normalized spacial score (nSPS) is 11.8. The molecule has 148 valence electrons. The van der Waals surface area contributed by atoms with Crippen LogP contribution in [-0.4, -0.2) is 10.1 Å². The number of fused-ring (bicyclic) bond motifs is 1. The lowest BCUT2D eigenvalue weighted by Crippen LogP contribution is -2.38. The zero-order chi connectivity index (χ0) is 21.1. The molecule has 4 rings (SSSR count). The Labute approximate surface area is 185 Å². The SMILES string of the molecule is Cc1ccc[n+](/C(C(=S)Nc2cccc3ccccc23)=C(/O)c2cccc(Cl)c2)c1. The number of aliphatic hydroxyl groups is 1. The molecule has 1 aromatic heterocycles. The Hall–Kier alpha value is -3.21. The zero-order valence-corrected chi connectivity index (χ0v) is 17.9. The molecule has 1 heterocycles. The van der Waals surface area contributed by atoms with E-state index < -0.39 is 0 Å². The van der Waals surface area contributed by atoms with E-state index in [0.29, 0.717) is 21.3 Å². The Morgan fingerprint density at radius 3 is 2.53 bits per heavy atom. The minimum absolute atomic E-state index is 0.0471. The van der Waals surface area contributed by atoms with E-state index in [4.69, 9.17) is 23.8 Å². The van der Waals surface area contributed by atoms with Gasteiger partial charge in [-0.05, 0) is 36.6 Å². The highest BCUT2D eigenvalue weighted by atomic mass is 35.5. The topological polar surface area (TPSA) is 36.1 Å². The van der Waals surface area contributed by atoms with Gasteiger partial charge in [-0.15, -0.1) is 0 Å². The highest BCUT2D eigenvalue weighted by molar-refractivity contribution is 7.81. The highest BCUT2D eigenvalue weighted by Crippen LogP contribution is 2.26. The summed E-state index contributed by atoms with van der Waals surface area (Å²) in [6, 6.07) is 25.1. The lowest BCUT2D eigenvalue weighted by Gasteiger charge is -2.12. The Morgan fingerprint density at radius 2 is 1.73 bits per heavy atom. The first-order chi connectivity index (χ1) is 14.5. The maximum atomic E-state index is 11.2. The molecule has 0 aliphatic heterocycles. The summed E-state index contributed by atoms with van der Waals surface area (Å²) in [7, 11) is 0. The number of nitrogens with one attached hydrogen (secondary N) is 1. The lowest BCUT2D eigenvalue weighted by atomic mass is 10.1. The number of hydrogen-bond donors (Lipinski definition) is 2. The number of aromatic nitrogens is 1.